The van der Waals surface area contributed by atoms with Gasteiger partial charge in [-0.05, 0) is 61.9 Å². The SMILES string of the molecule is CCN(c1ccccc1)S(=O)(=O)c1cccc(C(=O)NC(C)c2ccc(F)cc2)c1. The Morgan fingerprint density at radius 3 is 2.30 bits per heavy atom. The van der Waals surface area contributed by atoms with Crippen molar-refractivity contribution >= 4 is 21.6 Å². The van der Waals surface area contributed by atoms with Gasteiger partial charge in [-0.25, -0.2) is 12.8 Å². The quantitative estimate of drug-likeness (QED) is 0.604. The molecular weight excluding hydrogens is 403 g/mol. The molecule has 3 aromatic rings. The van der Waals surface area contributed by atoms with Crippen LogP contribution in [0.1, 0.15) is 35.8 Å². The van der Waals surface area contributed by atoms with Gasteiger partial charge in [-0.2, -0.15) is 0 Å². The average Bonchev–Trinajstić information content (AvgIpc) is 2.75. The Balaban J connectivity index is 1.84. The minimum atomic E-state index is -3.83. The Morgan fingerprint density at radius 1 is 1.00 bits per heavy atom. The Hall–Kier alpha value is -3.19. The van der Waals surface area contributed by atoms with Gasteiger partial charge in [-0.3, -0.25) is 9.10 Å². The first-order chi connectivity index (χ1) is 14.3. The molecule has 1 amide bonds. The van der Waals surface area contributed by atoms with E-state index in [0.717, 1.165) is 5.56 Å². The van der Waals surface area contributed by atoms with E-state index >= 15 is 0 Å². The van der Waals surface area contributed by atoms with Crippen LogP contribution in [-0.4, -0.2) is 20.9 Å². The number of benzene rings is 3. The van der Waals surface area contributed by atoms with Gasteiger partial charge in [-0.15, -0.1) is 0 Å². The van der Waals surface area contributed by atoms with Crippen LogP contribution in [0.15, 0.2) is 83.8 Å². The molecule has 0 spiro atoms. The largest absolute Gasteiger partial charge is 0.346 e. The molecule has 1 unspecified atom stereocenters. The summed E-state index contributed by atoms with van der Waals surface area (Å²) < 4.78 is 40.7. The van der Waals surface area contributed by atoms with E-state index < -0.39 is 15.9 Å². The van der Waals surface area contributed by atoms with Gasteiger partial charge in [0.05, 0.1) is 16.6 Å². The first-order valence-corrected chi connectivity index (χ1v) is 11.0. The molecule has 0 saturated carbocycles. The lowest BCUT2D eigenvalue weighted by atomic mass is 10.1. The van der Waals surface area contributed by atoms with Crippen LogP contribution in [0.2, 0.25) is 0 Å². The van der Waals surface area contributed by atoms with Gasteiger partial charge in [0.2, 0.25) is 0 Å². The molecule has 0 fully saturated rings. The van der Waals surface area contributed by atoms with Crippen LogP contribution >= 0.6 is 0 Å². The van der Waals surface area contributed by atoms with Crippen molar-refractivity contribution in [1.29, 1.82) is 0 Å². The number of amides is 1. The first-order valence-electron chi connectivity index (χ1n) is 9.57. The Bertz CT molecular complexity index is 1120. The van der Waals surface area contributed by atoms with Crippen LogP contribution in [0.5, 0.6) is 0 Å². The van der Waals surface area contributed by atoms with E-state index in [9.17, 15) is 17.6 Å². The van der Waals surface area contributed by atoms with Gasteiger partial charge in [0, 0.05) is 12.1 Å². The van der Waals surface area contributed by atoms with Gasteiger partial charge in [0.1, 0.15) is 5.82 Å². The van der Waals surface area contributed by atoms with Crippen molar-refractivity contribution in [2.45, 2.75) is 24.8 Å². The molecule has 0 radical (unpaired) electrons. The molecule has 30 heavy (non-hydrogen) atoms. The van der Waals surface area contributed by atoms with Crippen LogP contribution in [0.25, 0.3) is 0 Å². The van der Waals surface area contributed by atoms with Gasteiger partial charge < -0.3 is 5.32 Å². The zero-order chi connectivity index (χ0) is 21.7. The van der Waals surface area contributed by atoms with Crippen molar-refractivity contribution in [2.24, 2.45) is 0 Å². The van der Waals surface area contributed by atoms with Crippen LogP contribution < -0.4 is 9.62 Å². The van der Waals surface area contributed by atoms with E-state index in [-0.39, 0.29) is 28.9 Å². The van der Waals surface area contributed by atoms with Gasteiger partial charge in [0.15, 0.2) is 0 Å². The Morgan fingerprint density at radius 2 is 1.67 bits per heavy atom. The van der Waals surface area contributed by atoms with Crippen molar-refractivity contribution in [3.05, 3.63) is 95.8 Å². The lowest BCUT2D eigenvalue weighted by molar-refractivity contribution is 0.0939. The lowest BCUT2D eigenvalue weighted by Crippen LogP contribution is -2.31. The summed E-state index contributed by atoms with van der Waals surface area (Å²) in [4.78, 5) is 12.7. The molecule has 0 bridgehead atoms. The molecule has 156 valence electrons. The molecule has 1 atom stereocenters. The number of halogens is 1. The molecular formula is C23H23FN2O3S. The predicted octanol–water partition coefficient (Wildman–Crippen LogP) is 4.53. The van der Waals surface area contributed by atoms with Crippen molar-refractivity contribution in [2.75, 3.05) is 10.8 Å². The average molecular weight is 427 g/mol. The summed E-state index contributed by atoms with van der Waals surface area (Å²) in [5, 5.41) is 2.82. The molecule has 0 aliphatic heterocycles. The first kappa shape index (κ1) is 21.5. The Labute approximate surface area is 176 Å². The van der Waals surface area contributed by atoms with Gasteiger partial charge >= 0.3 is 0 Å². The fourth-order valence-corrected chi connectivity index (χ4v) is 4.65. The number of nitrogens with zero attached hydrogens (tertiary/aromatic N) is 1. The third-order valence-corrected chi connectivity index (χ3v) is 6.63. The van der Waals surface area contributed by atoms with Crippen molar-refractivity contribution in [1.82, 2.24) is 5.32 Å². The number of hydrogen-bond donors (Lipinski definition) is 1. The highest BCUT2D eigenvalue weighted by Crippen LogP contribution is 2.24. The molecule has 0 aliphatic rings. The van der Waals surface area contributed by atoms with Gasteiger partial charge in [-0.1, -0.05) is 36.4 Å². The topological polar surface area (TPSA) is 66.5 Å². The summed E-state index contributed by atoms with van der Waals surface area (Å²) in [5.74, 6) is -0.763. The number of nitrogens with one attached hydrogen (secondary N) is 1. The maximum Gasteiger partial charge on any atom is 0.264 e. The van der Waals surface area contributed by atoms with E-state index in [2.05, 4.69) is 5.32 Å². The van der Waals surface area contributed by atoms with Crippen molar-refractivity contribution in [3.63, 3.8) is 0 Å². The van der Waals surface area contributed by atoms with Crippen LogP contribution in [0, 0.1) is 5.82 Å². The second-order valence-corrected chi connectivity index (χ2v) is 8.64. The summed E-state index contributed by atoms with van der Waals surface area (Å²) in [6.07, 6.45) is 0. The number of sulfonamides is 1. The van der Waals surface area contributed by atoms with Gasteiger partial charge in [0.25, 0.3) is 15.9 Å². The molecule has 7 heteroatoms. The molecule has 0 saturated heterocycles. The number of para-hydroxylation sites is 1. The highest BCUT2D eigenvalue weighted by molar-refractivity contribution is 7.92. The molecule has 3 rings (SSSR count). The summed E-state index contributed by atoms with van der Waals surface area (Å²) in [6, 6.07) is 20.2. The van der Waals surface area contributed by atoms with Crippen molar-refractivity contribution < 1.29 is 17.6 Å². The normalized spacial score (nSPS) is 12.2. The summed E-state index contributed by atoms with van der Waals surface area (Å²) in [5.41, 5.74) is 1.53. The molecule has 1 N–H and O–H groups in total. The second kappa shape index (κ2) is 9.09. The second-order valence-electron chi connectivity index (χ2n) is 6.78. The number of anilines is 1. The van der Waals surface area contributed by atoms with Crippen LogP contribution in [0.4, 0.5) is 10.1 Å². The van der Waals surface area contributed by atoms with Crippen LogP contribution in [0.3, 0.4) is 0 Å². The lowest BCUT2D eigenvalue weighted by Gasteiger charge is -2.23. The Kier molecular flexibility index (Phi) is 6.52. The zero-order valence-corrected chi connectivity index (χ0v) is 17.6. The monoisotopic (exact) mass is 426 g/mol. The maximum absolute atomic E-state index is 13.2. The number of rotatable bonds is 7. The number of carbonyl (C=O) groups excluding carboxylic acids is 1. The van der Waals surface area contributed by atoms with E-state index in [0.29, 0.717) is 5.69 Å². The predicted molar refractivity (Wildman–Crippen MR) is 115 cm³/mol. The summed E-state index contributed by atoms with van der Waals surface area (Å²) in [6.45, 7) is 3.79. The third-order valence-electron chi connectivity index (χ3n) is 4.73. The van der Waals surface area contributed by atoms with Crippen LogP contribution in [-0.2, 0) is 10.0 Å². The highest BCUT2D eigenvalue weighted by atomic mass is 32.2. The maximum atomic E-state index is 13.2. The minimum absolute atomic E-state index is 0.0373. The molecule has 5 nitrogen and oxygen atoms in total. The molecule has 0 heterocycles. The minimum Gasteiger partial charge on any atom is -0.346 e. The van der Waals surface area contributed by atoms with E-state index in [1.54, 1.807) is 62.4 Å². The standard InChI is InChI=1S/C23H23FN2O3S/c1-3-26(21-9-5-4-6-10-21)30(28,29)22-11-7-8-19(16-22)23(27)25-17(2)18-12-14-20(24)15-13-18/h4-17H,3H2,1-2H3,(H,25,27). The summed E-state index contributed by atoms with van der Waals surface area (Å²) >= 11 is 0. The highest BCUT2D eigenvalue weighted by Gasteiger charge is 2.24. The number of hydrogen-bond acceptors (Lipinski definition) is 3. The van der Waals surface area contributed by atoms with E-state index in [1.165, 1.54) is 28.6 Å². The summed E-state index contributed by atoms with van der Waals surface area (Å²) in [7, 11) is -3.83. The molecule has 3 aromatic carbocycles. The molecule has 0 aromatic heterocycles. The smallest absolute Gasteiger partial charge is 0.264 e. The third kappa shape index (κ3) is 4.68. The fraction of sp³-hybridized carbons (Fsp3) is 0.174. The fourth-order valence-electron chi connectivity index (χ4n) is 3.13. The van der Waals surface area contributed by atoms with E-state index in [4.69, 9.17) is 0 Å². The zero-order valence-electron chi connectivity index (χ0n) is 16.7. The number of carbonyl (C=O) groups is 1. The van der Waals surface area contributed by atoms with Crippen molar-refractivity contribution in [3.8, 4) is 0 Å². The van der Waals surface area contributed by atoms with E-state index in [1.807, 2.05) is 6.07 Å². The molecule has 0 aliphatic carbocycles.